The first-order chi connectivity index (χ1) is 9.84. The van der Waals surface area contributed by atoms with Crippen molar-refractivity contribution in [1.29, 1.82) is 0 Å². The number of hydrogen-bond acceptors (Lipinski definition) is 2. The number of nitrogens with one attached hydrogen (secondary N) is 1. The number of hydrogen-bond donors (Lipinski definition) is 1. The molecule has 1 fully saturated rings. The summed E-state index contributed by atoms with van der Waals surface area (Å²) in [7, 11) is 0. The largest absolute Gasteiger partial charge is 0.313 e. The van der Waals surface area contributed by atoms with Crippen molar-refractivity contribution in [3.8, 4) is 0 Å². The molecule has 0 spiro atoms. The standard InChI is InChI=1S/C18H22N2/c1-15-12-19-13-18(17-10-6-3-7-11-17)20(15)14-16-8-4-2-5-9-16/h2-11,15,18-19H,12-14H2,1H3. The smallest absolute Gasteiger partial charge is 0.0479 e. The molecule has 0 bridgehead atoms. The minimum Gasteiger partial charge on any atom is -0.313 e. The molecule has 0 aromatic heterocycles. The molecule has 2 atom stereocenters. The Balaban J connectivity index is 1.84. The van der Waals surface area contributed by atoms with Crippen LogP contribution in [0.5, 0.6) is 0 Å². The molecule has 3 rings (SSSR count). The second kappa shape index (κ2) is 6.21. The van der Waals surface area contributed by atoms with Gasteiger partial charge < -0.3 is 5.32 Å². The Morgan fingerprint density at radius 3 is 2.30 bits per heavy atom. The van der Waals surface area contributed by atoms with Gasteiger partial charge in [0.2, 0.25) is 0 Å². The Bertz CT molecular complexity index is 524. The maximum atomic E-state index is 3.56. The summed E-state index contributed by atoms with van der Waals surface area (Å²) in [5.74, 6) is 0. The molecule has 2 nitrogen and oxygen atoms in total. The average Bonchev–Trinajstić information content (AvgIpc) is 2.51. The van der Waals surface area contributed by atoms with E-state index in [1.54, 1.807) is 0 Å². The summed E-state index contributed by atoms with van der Waals surface area (Å²) in [6.07, 6.45) is 0. The van der Waals surface area contributed by atoms with Crippen LogP contribution in [-0.4, -0.2) is 24.0 Å². The van der Waals surface area contributed by atoms with Crippen LogP contribution in [0.1, 0.15) is 24.1 Å². The van der Waals surface area contributed by atoms with Crippen LogP contribution in [0.15, 0.2) is 60.7 Å². The summed E-state index contributed by atoms with van der Waals surface area (Å²) >= 11 is 0. The zero-order valence-corrected chi connectivity index (χ0v) is 12.0. The Hall–Kier alpha value is -1.64. The molecule has 0 saturated carbocycles. The Morgan fingerprint density at radius 1 is 0.950 bits per heavy atom. The molecule has 1 saturated heterocycles. The fourth-order valence-electron chi connectivity index (χ4n) is 3.02. The maximum Gasteiger partial charge on any atom is 0.0479 e. The van der Waals surface area contributed by atoms with Gasteiger partial charge in [-0.25, -0.2) is 0 Å². The molecule has 2 aromatic carbocycles. The van der Waals surface area contributed by atoms with Crippen LogP contribution in [0.2, 0.25) is 0 Å². The number of nitrogens with zero attached hydrogens (tertiary/aromatic N) is 1. The summed E-state index contributed by atoms with van der Waals surface area (Å²) in [5.41, 5.74) is 2.80. The lowest BCUT2D eigenvalue weighted by atomic mass is 9.99. The lowest BCUT2D eigenvalue weighted by molar-refractivity contribution is 0.0978. The van der Waals surface area contributed by atoms with Gasteiger partial charge in [0.15, 0.2) is 0 Å². The monoisotopic (exact) mass is 266 g/mol. The third-order valence-electron chi connectivity index (χ3n) is 4.14. The highest BCUT2D eigenvalue weighted by Crippen LogP contribution is 2.26. The molecule has 2 aromatic rings. The first-order valence-electron chi connectivity index (χ1n) is 7.40. The molecular weight excluding hydrogens is 244 g/mol. The minimum absolute atomic E-state index is 0.458. The van der Waals surface area contributed by atoms with Crippen molar-refractivity contribution in [1.82, 2.24) is 10.2 Å². The van der Waals surface area contributed by atoms with Gasteiger partial charge in [0.05, 0.1) is 0 Å². The Labute approximate surface area is 121 Å². The molecule has 104 valence electrons. The zero-order valence-electron chi connectivity index (χ0n) is 12.0. The van der Waals surface area contributed by atoms with Crippen LogP contribution in [0.25, 0.3) is 0 Å². The third kappa shape index (κ3) is 2.92. The van der Waals surface area contributed by atoms with Crippen LogP contribution >= 0.6 is 0 Å². The van der Waals surface area contributed by atoms with Gasteiger partial charge in [0, 0.05) is 31.7 Å². The van der Waals surface area contributed by atoms with E-state index in [2.05, 4.69) is 77.8 Å². The first kappa shape index (κ1) is 13.3. The molecular formula is C18H22N2. The molecule has 2 heteroatoms. The van der Waals surface area contributed by atoms with Gasteiger partial charge in [-0.3, -0.25) is 4.90 Å². The van der Waals surface area contributed by atoms with Crippen molar-refractivity contribution in [2.45, 2.75) is 25.6 Å². The summed E-state index contributed by atoms with van der Waals surface area (Å²) in [6.45, 7) is 5.42. The quantitative estimate of drug-likeness (QED) is 0.917. The minimum atomic E-state index is 0.458. The van der Waals surface area contributed by atoms with E-state index in [4.69, 9.17) is 0 Å². The summed E-state index contributed by atoms with van der Waals surface area (Å²) in [4.78, 5) is 2.61. The van der Waals surface area contributed by atoms with Crippen molar-refractivity contribution in [3.05, 3.63) is 71.8 Å². The fraction of sp³-hybridized carbons (Fsp3) is 0.333. The van der Waals surface area contributed by atoms with Crippen LogP contribution in [-0.2, 0) is 6.54 Å². The van der Waals surface area contributed by atoms with Crippen molar-refractivity contribution < 1.29 is 0 Å². The lowest BCUT2D eigenvalue weighted by Gasteiger charge is -2.41. The van der Waals surface area contributed by atoms with E-state index in [1.165, 1.54) is 11.1 Å². The van der Waals surface area contributed by atoms with E-state index in [9.17, 15) is 0 Å². The van der Waals surface area contributed by atoms with Crippen molar-refractivity contribution >= 4 is 0 Å². The summed E-state index contributed by atoms with van der Waals surface area (Å²) < 4.78 is 0. The first-order valence-corrected chi connectivity index (χ1v) is 7.40. The second-order valence-corrected chi connectivity index (χ2v) is 5.59. The predicted molar refractivity (Wildman–Crippen MR) is 83.5 cm³/mol. The third-order valence-corrected chi connectivity index (χ3v) is 4.14. The molecule has 1 heterocycles. The van der Waals surface area contributed by atoms with E-state index in [0.717, 1.165) is 19.6 Å². The molecule has 0 radical (unpaired) electrons. The van der Waals surface area contributed by atoms with Crippen LogP contribution in [0.3, 0.4) is 0 Å². The van der Waals surface area contributed by atoms with Gasteiger partial charge in [0.1, 0.15) is 0 Å². The number of benzene rings is 2. The predicted octanol–water partition coefficient (Wildman–Crippen LogP) is 3.22. The topological polar surface area (TPSA) is 15.3 Å². The second-order valence-electron chi connectivity index (χ2n) is 5.59. The van der Waals surface area contributed by atoms with Crippen LogP contribution in [0, 0.1) is 0 Å². The molecule has 2 unspecified atom stereocenters. The van der Waals surface area contributed by atoms with E-state index in [0.29, 0.717) is 12.1 Å². The molecule has 20 heavy (non-hydrogen) atoms. The van der Waals surface area contributed by atoms with Gasteiger partial charge in [-0.2, -0.15) is 0 Å². The summed E-state index contributed by atoms with van der Waals surface area (Å²) in [6, 6.07) is 22.6. The van der Waals surface area contributed by atoms with Crippen molar-refractivity contribution in [3.63, 3.8) is 0 Å². The lowest BCUT2D eigenvalue weighted by Crippen LogP contribution is -2.51. The van der Waals surface area contributed by atoms with Crippen molar-refractivity contribution in [2.24, 2.45) is 0 Å². The zero-order chi connectivity index (χ0) is 13.8. The summed E-state index contributed by atoms with van der Waals surface area (Å²) in [5, 5.41) is 3.56. The van der Waals surface area contributed by atoms with Gasteiger partial charge in [-0.1, -0.05) is 60.7 Å². The van der Waals surface area contributed by atoms with Crippen LogP contribution in [0.4, 0.5) is 0 Å². The number of piperazine rings is 1. The average molecular weight is 266 g/mol. The van der Waals surface area contributed by atoms with Gasteiger partial charge in [0.25, 0.3) is 0 Å². The number of rotatable bonds is 3. The molecule has 0 amide bonds. The van der Waals surface area contributed by atoms with Crippen molar-refractivity contribution in [2.75, 3.05) is 13.1 Å². The Kier molecular flexibility index (Phi) is 4.14. The highest BCUT2D eigenvalue weighted by Gasteiger charge is 2.28. The fourth-order valence-corrected chi connectivity index (χ4v) is 3.02. The molecule has 1 N–H and O–H groups in total. The van der Waals surface area contributed by atoms with Gasteiger partial charge in [-0.15, -0.1) is 0 Å². The van der Waals surface area contributed by atoms with E-state index in [-0.39, 0.29) is 0 Å². The molecule has 0 aliphatic carbocycles. The maximum absolute atomic E-state index is 3.56. The Morgan fingerprint density at radius 2 is 1.60 bits per heavy atom. The highest BCUT2D eigenvalue weighted by molar-refractivity contribution is 5.22. The van der Waals surface area contributed by atoms with Crippen LogP contribution < -0.4 is 5.32 Å². The van der Waals surface area contributed by atoms with Gasteiger partial charge in [-0.05, 0) is 18.1 Å². The normalized spacial score (nSPS) is 23.6. The highest BCUT2D eigenvalue weighted by atomic mass is 15.2. The van der Waals surface area contributed by atoms with E-state index in [1.807, 2.05) is 0 Å². The van der Waals surface area contributed by atoms with Gasteiger partial charge >= 0.3 is 0 Å². The van der Waals surface area contributed by atoms with E-state index >= 15 is 0 Å². The van der Waals surface area contributed by atoms with E-state index < -0.39 is 0 Å². The molecule has 1 aliphatic heterocycles. The molecule has 1 aliphatic rings. The SMILES string of the molecule is CC1CNCC(c2ccccc2)N1Cc1ccccc1.